The predicted molar refractivity (Wildman–Crippen MR) is 96.7 cm³/mol. The number of nitrogens with zero attached hydrogens (tertiary/aromatic N) is 2. The Kier molecular flexibility index (Phi) is 6.84. The molecule has 0 saturated heterocycles. The highest BCUT2D eigenvalue weighted by Gasteiger charge is 2.30. The van der Waals surface area contributed by atoms with E-state index >= 15 is 0 Å². The van der Waals surface area contributed by atoms with Gasteiger partial charge in [0.2, 0.25) is 0 Å². The molecule has 120 valence electrons. The van der Waals surface area contributed by atoms with Gasteiger partial charge in [0.15, 0.2) is 5.82 Å². The maximum Gasteiger partial charge on any atom is 0.160 e. The summed E-state index contributed by atoms with van der Waals surface area (Å²) in [6.07, 6.45) is 0.850. The van der Waals surface area contributed by atoms with Gasteiger partial charge in [-0.05, 0) is 47.3 Å². The Labute approximate surface area is 142 Å². The van der Waals surface area contributed by atoms with Crippen molar-refractivity contribution in [3.05, 3.63) is 15.1 Å². The molecule has 0 saturated carbocycles. The fourth-order valence-electron chi connectivity index (χ4n) is 2.20. The molecule has 0 aromatic carbocycles. The van der Waals surface area contributed by atoms with E-state index in [9.17, 15) is 0 Å². The second kappa shape index (κ2) is 7.72. The molecule has 1 unspecified atom stereocenters. The van der Waals surface area contributed by atoms with Crippen LogP contribution in [0.25, 0.3) is 0 Å². The first kappa shape index (κ1) is 18.6. The summed E-state index contributed by atoms with van der Waals surface area (Å²) in [6, 6.07) is 0. The molecule has 0 radical (unpaired) electrons. The van der Waals surface area contributed by atoms with Crippen molar-refractivity contribution in [1.82, 2.24) is 9.97 Å². The zero-order chi connectivity index (χ0) is 16.2. The van der Waals surface area contributed by atoms with Gasteiger partial charge in [-0.15, -0.1) is 0 Å². The lowest BCUT2D eigenvalue weighted by Gasteiger charge is -2.30. The van der Waals surface area contributed by atoms with E-state index in [0.29, 0.717) is 12.5 Å². The molecule has 21 heavy (non-hydrogen) atoms. The van der Waals surface area contributed by atoms with Gasteiger partial charge in [0.1, 0.15) is 11.9 Å². The SMILES string of the molecule is CCOC(c1nc(CC(C)C)c(I)c(NC)n1)C(C)(C)C. The molecule has 0 aliphatic rings. The van der Waals surface area contributed by atoms with Gasteiger partial charge in [-0.25, -0.2) is 9.97 Å². The molecule has 1 rings (SSSR count). The Bertz CT molecular complexity index is 469. The zero-order valence-corrected chi connectivity index (χ0v) is 16.4. The number of hydrogen-bond donors (Lipinski definition) is 1. The van der Waals surface area contributed by atoms with Crippen molar-refractivity contribution in [3.8, 4) is 0 Å². The van der Waals surface area contributed by atoms with Crippen LogP contribution in [0.2, 0.25) is 0 Å². The molecule has 1 heterocycles. The summed E-state index contributed by atoms with van der Waals surface area (Å²) in [4.78, 5) is 9.51. The van der Waals surface area contributed by atoms with Crippen LogP contribution in [-0.2, 0) is 11.2 Å². The molecular formula is C16H28IN3O. The quantitative estimate of drug-likeness (QED) is 0.711. The minimum Gasteiger partial charge on any atom is -0.372 e. The molecule has 5 heteroatoms. The molecular weight excluding hydrogens is 377 g/mol. The third-order valence-corrected chi connectivity index (χ3v) is 4.26. The molecule has 1 aromatic rings. The number of rotatable bonds is 6. The standard InChI is InChI=1S/C16H28IN3O/c1-8-21-13(16(4,5)6)15-19-11(9-10(2)3)12(17)14(18-7)20-15/h10,13H,8-9H2,1-7H3,(H,18,19,20). The molecule has 0 aliphatic heterocycles. The number of anilines is 1. The minimum absolute atomic E-state index is 0.0388. The van der Waals surface area contributed by atoms with Crippen molar-refractivity contribution in [2.24, 2.45) is 11.3 Å². The lowest BCUT2D eigenvalue weighted by molar-refractivity contribution is -0.0192. The van der Waals surface area contributed by atoms with Gasteiger partial charge < -0.3 is 10.1 Å². The van der Waals surface area contributed by atoms with E-state index < -0.39 is 0 Å². The van der Waals surface area contributed by atoms with E-state index in [1.165, 1.54) is 0 Å². The summed E-state index contributed by atoms with van der Waals surface area (Å²) < 4.78 is 7.04. The van der Waals surface area contributed by atoms with Gasteiger partial charge in [-0.2, -0.15) is 0 Å². The highest BCUT2D eigenvalue weighted by atomic mass is 127. The van der Waals surface area contributed by atoms with Crippen molar-refractivity contribution in [2.45, 2.75) is 54.1 Å². The fourth-order valence-corrected chi connectivity index (χ4v) is 2.93. The summed E-state index contributed by atoms with van der Waals surface area (Å²) in [5.74, 6) is 2.24. The Hall–Kier alpha value is -0.430. The van der Waals surface area contributed by atoms with Crippen LogP contribution in [0, 0.1) is 14.9 Å². The van der Waals surface area contributed by atoms with Gasteiger partial charge in [0, 0.05) is 13.7 Å². The molecule has 4 nitrogen and oxygen atoms in total. The van der Waals surface area contributed by atoms with E-state index in [2.05, 4.69) is 67.5 Å². The van der Waals surface area contributed by atoms with E-state index in [4.69, 9.17) is 9.72 Å². The molecule has 0 spiro atoms. The average Bonchev–Trinajstić information content (AvgIpc) is 2.36. The topological polar surface area (TPSA) is 47.0 Å². The second-order valence-electron chi connectivity index (χ2n) is 6.74. The summed E-state index contributed by atoms with van der Waals surface area (Å²) in [7, 11) is 1.90. The lowest BCUT2D eigenvalue weighted by Crippen LogP contribution is -2.25. The summed E-state index contributed by atoms with van der Waals surface area (Å²) in [5, 5.41) is 3.18. The van der Waals surface area contributed by atoms with Crippen LogP contribution < -0.4 is 5.32 Å². The van der Waals surface area contributed by atoms with Crippen LogP contribution in [0.15, 0.2) is 0 Å². The maximum absolute atomic E-state index is 5.94. The summed E-state index contributed by atoms with van der Waals surface area (Å²) in [5.41, 5.74) is 1.07. The van der Waals surface area contributed by atoms with E-state index in [1.54, 1.807) is 0 Å². The largest absolute Gasteiger partial charge is 0.372 e. The van der Waals surface area contributed by atoms with Crippen molar-refractivity contribution in [3.63, 3.8) is 0 Å². The first-order chi connectivity index (χ1) is 9.70. The van der Waals surface area contributed by atoms with Gasteiger partial charge in [0.25, 0.3) is 0 Å². The van der Waals surface area contributed by atoms with Gasteiger partial charge in [-0.3, -0.25) is 0 Å². The number of halogens is 1. The molecule has 1 N–H and O–H groups in total. The highest BCUT2D eigenvalue weighted by Crippen LogP contribution is 2.35. The first-order valence-electron chi connectivity index (χ1n) is 7.56. The smallest absolute Gasteiger partial charge is 0.160 e. The molecule has 1 aromatic heterocycles. The molecule has 0 fully saturated rings. The van der Waals surface area contributed by atoms with Crippen LogP contribution in [0.5, 0.6) is 0 Å². The number of aromatic nitrogens is 2. The lowest BCUT2D eigenvalue weighted by atomic mass is 9.88. The molecule has 0 aliphatic carbocycles. The first-order valence-corrected chi connectivity index (χ1v) is 8.64. The predicted octanol–water partition coefficient (Wildman–Crippen LogP) is 4.45. The van der Waals surface area contributed by atoms with Crippen LogP contribution in [-0.4, -0.2) is 23.6 Å². The van der Waals surface area contributed by atoms with Gasteiger partial charge in [-0.1, -0.05) is 34.6 Å². The zero-order valence-electron chi connectivity index (χ0n) is 14.2. The normalized spacial score (nSPS) is 13.6. The highest BCUT2D eigenvalue weighted by molar-refractivity contribution is 14.1. The third-order valence-electron chi connectivity index (χ3n) is 3.13. The minimum atomic E-state index is -0.0995. The van der Waals surface area contributed by atoms with Gasteiger partial charge >= 0.3 is 0 Å². The van der Waals surface area contributed by atoms with Crippen molar-refractivity contribution < 1.29 is 4.74 Å². The number of hydrogen-bond acceptors (Lipinski definition) is 4. The number of nitrogens with one attached hydrogen (secondary N) is 1. The van der Waals surface area contributed by atoms with E-state index in [0.717, 1.165) is 27.3 Å². The summed E-state index contributed by atoms with van der Waals surface area (Å²) >= 11 is 2.33. The molecule has 0 amide bonds. The summed E-state index contributed by atoms with van der Waals surface area (Å²) in [6.45, 7) is 13.6. The average molecular weight is 405 g/mol. The van der Waals surface area contributed by atoms with E-state index in [-0.39, 0.29) is 11.5 Å². The molecule has 0 bridgehead atoms. The van der Waals surface area contributed by atoms with Gasteiger partial charge in [0.05, 0.1) is 9.26 Å². The third kappa shape index (κ3) is 5.06. The van der Waals surface area contributed by atoms with Crippen LogP contribution in [0.1, 0.15) is 59.2 Å². The fraction of sp³-hybridized carbons (Fsp3) is 0.750. The monoisotopic (exact) mass is 405 g/mol. The van der Waals surface area contributed by atoms with Crippen LogP contribution >= 0.6 is 22.6 Å². The Morgan fingerprint density at radius 1 is 1.24 bits per heavy atom. The number of ether oxygens (including phenoxy) is 1. The second-order valence-corrected chi connectivity index (χ2v) is 7.82. The molecule has 1 atom stereocenters. The Morgan fingerprint density at radius 3 is 2.29 bits per heavy atom. The van der Waals surface area contributed by atoms with Crippen molar-refractivity contribution in [1.29, 1.82) is 0 Å². The maximum atomic E-state index is 5.94. The van der Waals surface area contributed by atoms with Crippen LogP contribution in [0.4, 0.5) is 5.82 Å². The Balaban J connectivity index is 3.33. The Morgan fingerprint density at radius 2 is 1.86 bits per heavy atom. The van der Waals surface area contributed by atoms with E-state index in [1.807, 2.05) is 14.0 Å². The van der Waals surface area contributed by atoms with Crippen LogP contribution in [0.3, 0.4) is 0 Å². The van der Waals surface area contributed by atoms with Crippen molar-refractivity contribution >= 4 is 28.4 Å². The van der Waals surface area contributed by atoms with Crippen molar-refractivity contribution in [2.75, 3.05) is 19.0 Å².